The summed E-state index contributed by atoms with van der Waals surface area (Å²) >= 11 is 0. The van der Waals surface area contributed by atoms with Crippen LogP contribution >= 0.6 is 0 Å². The molecule has 9 nitrogen and oxygen atoms in total. The molecule has 1 heterocycles. The van der Waals surface area contributed by atoms with Crippen molar-refractivity contribution in [1.82, 2.24) is 19.2 Å². The van der Waals surface area contributed by atoms with Crippen molar-refractivity contribution in [2.75, 3.05) is 13.1 Å². The summed E-state index contributed by atoms with van der Waals surface area (Å²) in [6.07, 6.45) is -0.603. The molecule has 0 unspecified atom stereocenters. The number of sulfonamides is 1. The van der Waals surface area contributed by atoms with Gasteiger partial charge in [-0.25, -0.2) is 18.2 Å². The minimum absolute atomic E-state index is 0.0119. The SMILES string of the molecule is CC(C)CN(C[C@@H](O)[C@H](Cc1ccccc1)NC(=O)O)S(=O)(=O)c1ccc2ncn(CC(C)C)c2c1. The second-order valence-electron chi connectivity index (χ2n) is 9.97. The molecule has 10 heteroatoms. The van der Waals surface area contributed by atoms with Crippen LogP contribution in [0.5, 0.6) is 0 Å². The van der Waals surface area contributed by atoms with E-state index in [2.05, 4.69) is 24.1 Å². The van der Waals surface area contributed by atoms with Crippen molar-refractivity contribution in [1.29, 1.82) is 0 Å². The number of fused-ring (bicyclic) bond motifs is 1. The van der Waals surface area contributed by atoms with Crippen LogP contribution in [-0.2, 0) is 23.0 Å². The standard InChI is InChI=1S/C26H36N4O5S/c1-18(2)14-29-17-27-22-11-10-21(13-24(22)29)36(34,35)30(15-19(3)4)16-25(31)23(28-26(32)33)12-20-8-6-5-7-9-20/h5-11,13,17-19,23,25,28,31H,12,14-16H2,1-4H3,(H,32,33)/t23-,25+/m0/s1. The van der Waals surface area contributed by atoms with E-state index in [1.54, 1.807) is 18.5 Å². The van der Waals surface area contributed by atoms with Gasteiger partial charge in [0, 0.05) is 19.6 Å². The highest BCUT2D eigenvalue weighted by Gasteiger charge is 2.31. The molecule has 196 valence electrons. The van der Waals surface area contributed by atoms with Gasteiger partial charge in [-0.1, -0.05) is 58.0 Å². The van der Waals surface area contributed by atoms with Crippen molar-refractivity contribution in [3.8, 4) is 0 Å². The van der Waals surface area contributed by atoms with Crippen LogP contribution in [0.25, 0.3) is 11.0 Å². The molecule has 3 N–H and O–H groups in total. The van der Waals surface area contributed by atoms with Crippen molar-refractivity contribution >= 4 is 27.1 Å². The first kappa shape index (κ1) is 27.6. The van der Waals surface area contributed by atoms with E-state index in [1.807, 2.05) is 48.7 Å². The van der Waals surface area contributed by atoms with Crippen molar-refractivity contribution < 1.29 is 23.4 Å². The number of aliphatic hydroxyl groups is 1. The molecular weight excluding hydrogens is 480 g/mol. The molecule has 0 bridgehead atoms. The Kier molecular flexibility index (Phi) is 9.10. The monoisotopic (exact) mass is 516 g/mol. The van der Waals surface area contributed by atoms with Crippen LogP contribution in [0.15, 0.2) is 59.8 Å². The van der Waals surface area contributed by atoms with Gasteiger partial charge in [0.25, 0.3) is 0 Å². The molecule has 1 amide bonds. The summed E-state index contributed by atoms with van der Waals surface area (Å²) < 4.78 is 30.7. The van der Waals surface area contributed by atoms with E-state index >= 15 is 0 Å². The maximum absolute atomic E-state index is 13.8. The molecule has 1 aromatic heterocycles. The summed E-state index contributed by atoms with van der Waals surface area (Å²) in [6, 6.07) is 13.1. The quantitative estimate of drug-likeness (QED) is 0.338. The highest BCUT2D eigenvalue weighted by molar-refractivity contribution is 7.89. The number of nitrogens with one attached hydrogen (secondary N) is 1. The van der Waals surface area contributed by atoms with Gasteiger partial charge < -0.3 is 20.1 Å². The first-order chi connectivity index (χ1) is 17.0. The van der Waals surface area contributed by atoms with Gasteiger partial charge in [0.05, 0.1) is 34.4 Å². The number of carboxylic acid groups (broad SMARTS) is 1. The number of aromatic nitrogens is 2. The lowest BCUT2D eigenvalue weighted by Gasteiger charge is -2.30. The smallest absolute Gasteiger partial charge is 0.404 e. The van der Waals surface area contributed by atoms with Crippen molar-refractivity contribution in [3.63, 3.8) is 0 Å². The average molecular weight is 517 g/mol. The Hall–Kier alpha value is -2.95. The van der Waals surface area contributed by atoms with Gasteiger partial charge in [0.1, 0.15) is 0 Å². The Morgan fingerprint density at radius 1 is 1.06 bits per heavy atom. The number of imidazole rings is 1. The van der Waals surface area contributed by atoms with Gasteiger partial charge in [-0.05, 0) is 42.0 Å². The first-order valence-corrected chi connectivity index (χ1v) is 13.6. The second-order valence-corrected chi connectivity index (χ2v) is 11.9. The van der Waals surface area contributed by atoms with E-state index in [4.69, 9.17) is 0 Å². The van der Waals surface area contributed by atoms with E-state index < -0.39 is 28.3 Å². The Bertz CT molecular complexity index is 1260. The number of nitrogens with zero attached hydrogens (tertiary/aromatic N) is 3. The highest BCUT2D eigenvalue weighted by atomic mass is 32.2. The lowest BCUT2D eigenvalue weighted by atomic mass is 10.0. The van der Waals surface area contributed by atoms with Crippen LogP contribution < -0.4 is 5.32 Å². The summed E-state index contributed by atoms with van der Waals surface area (Å²) in [5.74, 6) is 0.348. The lowest BCUT2D eigenvalue weighted by molar-refractivity contribution is 0.0980. The van der Waals surface area contributed by atoms with Crippen molar-refractivity contribution in [3.05, 3.63) is 60.4 Å². The number of amides is 1. The number of hydrogen-bond acceptors (Lipinski definition) is 5. The maximum Gasteiger partial charge on any atom is 0.404 e. The molecule has 0 aliphatic heterocycles. The summed E-state index contributed by atoms with van der Waals surface area (Å²) in [5.41, 5.74) is 2.26. The summed E-state index contributed by atoms with van der Waals surface area (Å²) in [7, 11) is -3.98. The third-order valence-electron chi connectivity index (χ3n) is 5.82. The van der Waals surface area contributed by atoms with Gasteiger partial charge in [0.2, 0.25) is 10.0 Å². The number of benzene rings is 2. The fraction of sp³-hybridized carbons (Fsp3) is 0.462. The van der Waals surface area contributed by atoms with E-state index in [-0.39, 0.29) is 30.3 Å². The maximum atomic E-state index is 13.8. The zero-order chi connectivity index (χ0) is 26.5. The molecule has 0 saturated carbocycles. The Morgan fingerprint density at radius 3 is 2.36 bits per heavy atom. The highest BCUT2D eigenvalue weighted by Crippen LogP contribution is 2.24. The molecular formula is C26H36N4O5S. The average Bonchev–Trinajstić information content (AvgIpc) is 3.19. The molecule has 2 atom stereocenters. The minimum atomic E-state index is -3.98. The van der Waals surface area contributed by atoms with Gasteiger partial charge >= 0.3 is 6.09 Å². The Morgan fingerprint density at radius 2 is 1.75 bits per heavy atom. The molecule has 3 rings (SSSR count). The lowest BCUT2D eigenvalue weighted by Crippen LogP contribution is -2.50. The Labute approximate surface area is 212 Å². The van der Waals surface area contributed by atoms with Crippen LogP contribution in [-0.4, -0.2) is 63.8 Å². The zero-order valence-electron chi connectivity index (χ0n) is 21.2. The molecule has 0 fully saturated rings. The fourth-order valence-electron chi connectivity index (χ4n) is 4.21. The van der Waals surface area contributed by atoms with Crippen LogP contribution in [0.1, 0.15) is 33.3 Å². The third kappa shape index (κ3) is 7.05. The number of carbonyl (C=O) groups is 1. The Balaban J connectivity index is 1.91. The summed E-state index contributed by atoms with van der Waals surface area (Å²) in [5, 5.41) is 22.7. The van der Waals surface area contributed by atoms with Crippen molar-refractivity contribution in [2.24, 2.45) is 11.8 Å². The molecule has 2 aromatic carbocycles. The van der Waals surface area contributed by atoms with Crippen LogP contribution in [0.3, 0.4) is 0 Å². The summed E-state index contributed by atoms with van der Waals surface area (Å²) in [6.45, 7) is 8.58. The van der Waals surface area contributed by atoms with E-state index in [0.29, 0.717) is 18.0 Å². The van der Waals surface area contributed by atoms with Gasteiger partial charge in [-0.15, -0.1) is 0 Å². The van der Waals surface area contributed by atoms with E-state index in [1.165, 1.54) is 10.4 Å². The second kappa shape index (κ2) is 11.9. The van der Waals surface area contributed by atoms with Crippen molar-refractivity contribution in [2.45, 2.75) is 57.7 Å². The van der Waals surface area contributed by atoms with Gasteiger partial charge in [-0.2, -0.15) is 4.31 Å². The zero-order valence-corrected chi connectivity index (χ0v) is 22.0. The normalized spacial score (nSPS) is 14.0. The minimum Gasteiger partial charge on any atom is -0.465 e. The number of aliphatic hydroxyl groups excluding tert-OH is 1. The predicted octanol–water partition coefficient (Wildman–Crippen LogP) is 3.58. The molecule has 0 saturated heterocycles. The largest absolute Gasteiger partial charge is 0.465 e. The topological polar surface area (TPSA) is 125 Å². The van der Waals surface area contributed by atoms with E-state index in [0.717, 1.165) is 11.1 Å². The molecule has 0 aliphatic carbocycles. The van der Waals surface area contributed by atoms with Gasteiger partial charge in [0.15, 0.2) is 0 Å². The fourth-order valence-corrected chi connectivity index (χ4v) is 5.85. The first-order valence-electron chi connectivity index (χ1n) is 12.1. The molecule has 0 aliphatic rings. The van der Waals surface area contributed by atoms with Gasteiger partial charge in [-0.3, -0.25) is 0 Å². The van der Waals surface area contributed by atoms with Crippen LogP contribution in [0, 0.1) is 11.8 Å². The number of rotatable bonds is 12. The van der Waals surface area contributed by atoms with Crippen LogP contribution in [0.4, 0.5) is 4.79 Å². The summed E-state index contributed by atoms with van der Waals surface area (Å²) in [4.78, 5) is 15.9. The predicted molar refractivity (Wildman–Crippen MR) is 139 cm³/mol. The molecule has 3 aromatic rings. The molecule has 0 spiro atoms. The molecule has 36 heavy (non-hydrogen) atoms. The number of hydrogen-bond donors (Lipinski definition) is 3. The third-order valence-corrected chi connectivity index (χ3v) is 7.65. The van der Waals surface area contributed by atoms with E-state index in [9.17, 15) is 23.4 Å². The van der Waals surface area contributed by atoms with Crippen LogP contribution in [0.2, 0.25) is 0 Å². The molecule has 0 radical (unpaired) electrons.